The normalized spacial score (nSPS) is 12.7. The molecule has 0 fully saturated rings. The van der Waals surface area contributed by atoms with Crippen molar-refractivity contribution in [3.05, 3.63) is 70.3 Å². The number of aliphatic carboxylic acids is 2. The average Bonchev–Trinajstić information content (AvgIpc) is 3.53. The molecule has 0 saturated carbocycles. The van der Waals surface area contributed by atoms with Gasteiger partial charge in [0.15, 0.2) is 0 Å². The number of aromatic amines is 2. The monoisotopic (exact) mass is 600 g/mol. The number of carbonyl (C=O) groups is 2. The third-order valence-corrected chi connectivity index (χ3v) is 7.25. The van der Waals surface area contributed by atoms with Gasteiger partial charge in [0.25, 0.3) is 0 Å². The number of nitrogens with one attached hydrogen (secondary N) is 2. The van der Waals surface area contributed by atoms with Crippen LogP contribution in [0.5, 0.6) is 0 Å². The van der Waals surface area contributed by atoms with Crippen molar-refractivity contribution in [2.45, 2.75) is 53.4 Å². The quantitative estimate of drug-likeness (QED) is 0.320. The minimum atomic E-state index is -0.873. The standard InChI is InChI=1S/C30H30N4O4.ClH.Mn/c1-15-9-20-12-25-17(3)21(5-7-29(35)36)27(33-25)14-28-22(6-8-30(37)38)18(4)26(34-28)13-24-16(2)10-19(32-24)11-23(15)31-20;;/h9-14,31-32H,5-8H2,1-4H3,(H,35,36)(H,37,38);1H;/q;;+3/p-1. The van der Waals surface area contributed by atoms with Crippen LogP contribution in [0, 0.1) is 13.8 Å². The molecule has 0 atom stereocenters. The fourth-order valence-electron chi connectivity index (χ4n) is 5.10. The van der Waals surface area contributed by atoms with Crippen molar-refractivity contribution in [3.8, 4) is 0 Å². The van der Waals surface area contributed by atoms with E-state index in [0.717, 1.165) is 66.9 Å². The van der Waals surface area contributed by atoms with E-state index in [1.165, 1.54) is 0 Å². The number of hydrogen-bond acceptors (Lipinski definition) is 4. The number of aryl methyl sites for hydroxylation is 2. The predicted molar refractivity (Wildman–Crippen MR) is 149 cm³/mol. The van der Waals surface area contributed by atoms with Gasteiger partial charge >= 0.3 is 29.0 Å². The molecular formula is C30H30ClMnN4O4+2. The van der Waals surface area contributed by atoms with Crippen LogP contribution in [0.25, 0.3) is 44.4 Å². The van der Waals surface area contributed by atoms with Crippen molar-refractivity contribution < 1.29 is 49.3 Å². The second kappa shape index (κ2) is 12.3. The number of H-pyrrole nitrogens is 2. The maximum atomic E-state index is 11.4. The molecule has 3 aromatic heterocycles. The fourth-order valence-corrected chi connectivity index (χ4v) is 5.10. The van der Waals surface area contributed by atoms with Crippen LogP contribution in [0.4, 0.5) is 0 Å². The van der Waals surface area contributed by atoms with E-state index in [2.05, 4.69) is 35.1 Å². The molecule has 0 aliphatic carbocycles. The summed E-state index contributed by atoms with van der Waals surface area (Å²) in [6.07, 6.45) is 0.647. The number of rotatable bonds is 6. The summed E-state index contributed by atoms with van der Waals surface area (Å²) in [6.45, 7) is 8.01. The second-order valence-corrected chi connectivity index (χ2v) is 9.98. The van der Waals surface area contributed by atoms with Gasteiger partial charge in [-0.2, -0.15) is 0 Å². The zero-order valence-corrected chi connectivity index (χ0v) is 24.6. The van der Waals surface area contributed by atoms with E-state index >= 15 is 0 Å². The molecule has 0 amide bonds. The molecule has 0 aromatic carbocycles. The van der Waals surface area contributed by atoms with Gasteiger partial charge in [-0.25, -0.2) is 9.97 Å². The summed E-state index contributed by atoms with van der Waals surface area (Å²) in [5.41, 5.74) is 12.4. The van der Waals surface area contributed by atoms with Crippen molar-refractivity contribution in [1.29, 1.82) is 0 Å². The number of halogens is 1. The van der Waals surface area contributed by atoms with Gasteiger partial charge in [-0.15, -0.1) is 0 Å². The van der Waals surface area contributed by atoms with Gasteiger partial charge < -0.3 is 32.6 Å². The average molecular weight is 601 g/mol. The van der Waals surface area contributed by atoms with Gasteiger partial charge in [-0.05, 0) is 110 Å². The summed E-state index contributed by atoms with van der Waals surface area (Å²) in [5, 5.41) is 18.7. The summed E-state index contributed by atoms with van der Waals surface area (Å²) >= 11 is 0. The molecule has 4 N–H and O–H groups in total. The molecule has 8 bridgehead atoms. The topological polar surface area (TPSA) is 132 Å². The fraction of sp³-hybridized carbons (Fsp3) is 0.267. The van der Waals surface area contributed by atoms with E-state index in [1.54, 1.807) is 0 Å². The molecule has 3 aromatic rings. The van der Waals surface area contributed by atoms with Crippen LogP contribution in [0.15, 0.2) is 36.4 Å². The Morgan fingerprint density at radius 2 is 1.07 bits per heavy atom. The molecule has 2 aliphatic rings. The number of fused-ring (bicyclic) bond motifs is 8. The van der Waals surface area contributed by atoms with Crippen molar-refractivity contribution >= 4 is 56.3 Å². The first-order valence-electron chi connectivity index (χ1n) is 12.6. The van der Waals surface area contributed by atoms with Gasteiger partial charge in [0, 0.05) is 34.9 Å². The summed E-state index contributed by atoms with van der Waals surface area (Å²) in [6, 6.07) is 12.1. The third kappa shape index (κ3) is 6.22. The van der Waals surface area contributed by atoms with Crippen LogP contribution in [-0.2, 0) is 26.7 Å². The van der Waals surface area contributed by atoms with Crippen LogP contribution >= 0.6 is 0 Å². The number of allylic oxidation sites excluding steroid dienone is 4. The van der Waals surface area contributed by atoms with Gasteiger partial charge in [0.05, 0.1) is 22.8 Å². The molecular weight excluding hydrogens is 571 g/mol. The minimum absolute atomic E-state index is 0. The predicted octanol–water partition coefficient (Wildman–Crippen LogP) is 3.52. The smallest absolute Gasteiger partial charge is 1.00 e. The van der Waals surface area contributed by atoms with Crippen LogP contribution in [0.3, 0.4) is 0 Å². The van der Waals surface area contributed by atoms with E-state index in [1.807, 2.05) is 39.0 Å². The van der Waals surface area contributed by atoms with E-state index < -0.39 is 11.9 Å². The third-order valence-electron chi connectivity index (χ3n) is 7.25. The Morgan fingerprint density at radius 1 is 0.650 bits per heavy atom. The van der Waals surface area contributed by atoms with Gasteiger partial charge in [-0.3, -0.25) is 9.59 Å². The van der Waals surface area contributed by atoms with E-state index in [-0.39, 0.29) is 42.3 Å². The maximum Gasteiger partial charge on any atom is 3.00 e. The van der Waals surface area contributed by atoms with Crippen molar-refractivity contribution in [2.75, 3.05) is 0 Å². The minimum Gasteiger partial charge on any atom is -1.00 e. The summed E-state index contributed by atoms with van der Waals surface area (Å²) < 4.78 is 0. The molecule has 0 spiro atoms. The molecule has 10 heteroatoms. The SMILES string of the molecule is CC1=C(CCC(=O)O)c2cc3nc(cc4[nH]c(cc4C)cc4[nH]c(cc1n2)cc4C)C(C)=C3CCC(=O)O.[Cl-].[Mn+3]. The molecule has 5 heterocycles. The molecule has 0 radical (unpaired) electrons. The Bertz CT molecular complexity index is 1730. The van der Waals surface area contributed by atoms with E-state index in [0.29, 0.717) is 24.2 Å². The van der Waals surface area contributed by atoms with E-state index in [4.69, 9.17) is 9.97 Å². The number of carboxylic acid groups (broad SMARTS) is 2. The second-order valence-electron chi connectivity index (χ2n) is 9.98. The largest absolute Gasteiger partial charge is 3.00 e. The Hall–Kier alpha value is -3.65. The zero-order chi connectivity index (χ0) is 27.1. The number of carboxylic acids is 2. The Kier molecular flexibility index (Phi) is 9.46. The molecule has 5 rings (SSSR count). The molecule has 2 aliphatic heterocycles. The van der Waals surface area contributed by atoms with Crippen molar-refractivity contribution in [2.24, 2.45) is 0 Å². The van der Waals surface area contributed by atoms with Crippen molar-refractivity contribution in [1.82, 2.24) is 19.9 Å². The summed E-state index contributed by atoms with van der Waals surface area (Å²) in [4.78, 5) is 39.6. The summed E-state index contributed by atoms with van der Waals surface area (Å²) in [5.74, 6) is -1.75. The van der Waals surface area contributed by atoms with Crippen LogP contribution in [0.1, 0.15) is 73.4 Å². The molecule has 8 nitrogen and oxygen atoms in total. The van der Waals surface area contributed by atoms with Crippen LogP contribution in [0.2, 0.25) is 0 Å². The molecule has 0 unspecified atom stereocenters. The van der Waals surface area contributed by atoms with Gasteiger partial charge in [0.2, 0.25) is 0 Å². The maximum absolute atomic E-state index is 11.4. The Balaban J connectivity index is 0.00000220. The first-order chi connectivity index (χ1) is 18.1. The molecule has 206 valence electrons. The number of hydrogen-bond donors (Lipinski definition) is 4. The first kappa shape index (κ1) is 30.9. The number of nitrogens with zero attached hydrogens (tertiary/aromatic N) is 2. The molecule has 40 heavy (non-hydrogen) atoms. The van der Waals surface area contributed by atoms with Crippen LogP contribution in [-0.4, -0.2) is 42.1 Å². The van der Waals surface area contributed by atoms with Gasteiger partial charge in [-0.1, -0.05) is 0 Å². The Morgan fingerprint density at radius 3 is 1.55 bits per heavy atom. The zero-order valence-electron chi connectivity index (χ0n) is 22.7. The summed E-state index contributed by atoms with van der Waals surface area (Å²) in [7, 11) is 0. The number of aromatic nitrogens is 4. The molecule has 0 saturated heterocycles. The van der Waals surface area contributed by atoms with Gasteiger partial charge in [0.1, 0.15) is 0 Å². The van der Waals surface area contributed by atoms with Crippen molar-refractivity contribution in [3.63, 3.8) is 0 Å². The van der Waals surface area contributed by atoms with Crippen LogP contribution < -0.4 is 12.4 Å². The van der Waals surface area contributed by atoms with E-state index in [9.17, 15) is 19.8 Å². The Labute approximate surface area is 248 Å². The first-order valence-corrected chi connectivity index (χ1v) is 12.6.